The van der Waals surface area contributed by atoms with E-state index in [9.17, 15) is 0 Å². The predicted octanol–water partition coefficient (Wildman–Crippen LogP) is -0.249. The smallest absolute Gasteiger partial charge is 0.0820 e. The third-order valence-electron chi connectivity index (χ3n) is 1.47. The van der Waals surface area contributed by atoms with Gasteiger partial charge >= 0.3 is 0 Å². The number of nitrogens with one attached hydrogen (secondary N) is 1. The standard InChI is InChI=1S/C5H9B2N/c6-5(7)3-1-2-4-8-5/h8H,1-4H2. The molecule has 1 N–H and O–H groups in total. The lowest BCUT2D eigenvalue weighted by molar-refractivity contribution is 0.448. The van der Waals surface area contributed by atoms with Crippen molar-refractivity contribution >= 4 is 15.7 Å². The average molecular weight is 105 g/mol. The molecule has 0 unspecified atom stereocenters. The summed E-state index contributed by atoms with van der Waals surface area (Å²) < 4.78 is 0. The average Bonchev–Trinajstić information content (AvgIpc) is 1.65. The summed E-state index contributed by atoms with van der Waals surface area (Å²) in [6, 6.07) is 0. The fourth-order valence-corrected chi connectivity index (χ4v) is 0.952. The summed E-state index contributed by atoms with van der Waals surface area (Å²) >= 11 is 0. The zero-order valence-electron chi connectivity index (χ0n) is 4.98. The van der Waals surface area contributed by atoms with E-state index in [-0.39, 0.29) is 0 Å². The van der Waals surface area contributed by atoms with Gasteiger partial charge in [-0.05, 0) is 13.0 Å². The van der Waals surface area contributed by atoms with Crippen LogP contribution in [0.3, 0.4) is 0 Å². The molecule has 4 radical (unpaired) electrons. The molecular formula is C5H9B2N. The zero-order valence-corrected chi connectivity index (χ0v) is 4.98. The van der Waals surface area contributed by atoms with E-state index in [0.717, 1.165) is 19.4 Å². The van der Waals surface area contributed by atoms with E-state index in [1.807, 2.05) is 0 Å². The third kappa shape index (κ3) is 1.55. The van der Waals surface area contributed by atoms with E-state index in [1.54, 1.807) is 0 Å². The molecule has 1 fully saturated rings. The van der Waals surface area contributed by atoms with Gasteiger partial charge < -0.3 is 5.32 Å². The first-order chi connectivity index (χ1) is 3.71. The van der Waals surface area contributed by atoms with Crippen molar-refractivity contribution in [2.45, 2.75) is 24.6 Å². The van der Waals surface area contributed by atoms with Crippen LogP contribution in [0, 0.1) is 0 Å². The van der Waals surface area contributed by atoms with Gasteiger partial charge in [0.25, 0.3) is 0 Å². The minimum absolute atomic E-state index is 0.571. The molecule has 3 heteroatoms. The van der Waals surface area contributed by atoms with Crippen LogP contribution < -0.4 is 5.32 Å². The lowest BCUT2D eigenvalue weighted by Gasteiger charge is -2.31. The summed E-state index contributed by atoms with van der Waals surface area (Å²) in [6.45, 7) is 0.965. The van der Waals surface area contributed by atoms with Gasteiger partial charge in [0.15, 0.2) is 0 Å². The molecule has 0 aliphatic carbocycles. The van der Waals surface area contributed by atoms with E-state index in [0.29, 0.717) is 0 Å². The first-order valence-electron chi connectivity index (χ1n) is 3.03. The van der Waals surface area contributed by atoms with Gasteiger partial charge in [0.2, 0.25) is 0 Å². The Kier molecular flexibility index (Phi) is 1.66. The minimum Gasteiger partial charge on any atom is -0.328 e. The van der Waals surface area contributed by atoms with Crippen LogP contribution >= 0.6 is 0 Å². The second-order valence-corrected chi connectivity index (χ2v) is 2.42. The molecule has 1 rings (SSSR count). The van der Waals surface area contributed by atoms with E-state index < -0.39 is 5.34 Å². The molecule has 0 atom stereocenters. The highest BCUT2D eigenvalue weighted by Crippen LogP contribution is 2.10. The van der Waals surface area contributed by atoms with Crippen molar-refractivity contribution in [2.75, 3.05) is 6.54 Å². The van der Waals surface area contributed by atoms with Crippen LogP contribution in [0.15, 0.2) is 0 Å². The van der Waals surface area contributed by atoms with Crippen LogP contribution in [-0.2, 0) is 0 Å². The van der Waals surface area contributed by atoms with Gasteiger partial charge in [0.05, 0.1) is 15.7 Å². The summed E-state index contributed by atoms with van der Waals surface area (Å²) in [5.74, 6) is 0. The second kappa shape index (κ2) is 2.14. The molecule has 8 heavy (non-hydrogen) atoms. The van der Waals surface area contributed by atoms with Gasteiger partial charge in [0, 0.05) is 0 Å². The van der Waals surface area contributed by atoms with Crippen molar-refractivity contribution in [1.82, 2.24) is 5.32 Å². The quantitative estimate of drug-likeness (QED) is 0.418. The summed E-state index contributed by atoms with van der Waals surface area (Å²) in [5, 5.41) is 2.44. The van der Waals surface area contributed by atoms with Gasteiger partial charge in [-0.1, -0.05) is 18.2 Å². The SMILES string of the molecule is [B]C1([B])CCCCN1. The second-order valence-electron chi connectivity index (χ2n) is 2.42. The maximum Gasteiger partial charge on any atom is 0.0820 e. The molecule has 1 aliphatic heterocycles. The first-order valence-corrected chi connectivity index (χ1v) is 3.03. The Morgan fingerprint density at radius 1 is 1.25 bits per heavy atom. The molecule has 0 spiro atoms. The predicted molar refractivity (Wildman–Crippen MR) is 36.1 cm³/mol. The Labute approximate surface area is 53.0 Å². The van der Waals surface area contributed by atoms with Gasteiger partial charge in [0.1, 0.15) is 0 Å². The van der Waals surface area contributed by atoms with Crippen molar-refractivity contribution in [3.8, 4) is 0 Å². The Morgan fingerprint density at radius 2 is 2.00 bits per heavy atom. The lowest BCUT2D eigenvalue weighted by atomic mass is 9.58. The monoisotopic (exact) mass is 105 g/mol. The van der Waals surface area contributed by atoms with Crippen molar-refractivity contribution in [2.24, 2.45) is 0 Å². The molecule has 0 amide bonds. The van der Waals surface area contributed by atoms with Crippen LogP contribution in [0.25, 0.3) is 0 Å². The number of rotatable bonds is 0. The van der Waals surface area contributed by atoms with Crippen LogP contribution in [0.1, 0.15) is 19.3 Å². The lowest BCUT2D eigenvalue weighted by Crippen LogP contribution is -2.49. The number of hydrogen-bond donors (Lipinski definition) is 1. The molecule has 0 aromatic rings. The maximum absolute atomic E-state index is 5.54. The summed E-state index contributed by atoms with van der Waals surface area (Å²) in [6.07, 6.45) is 3.25. The van der Waals surface area contributed by atoms with Gasteiger partial charge in [-0.15, -0.1) is 0 Å². The number of piperidine rings is 1. The third-order valence-corrected chi connectivity index (χ3v) is 1.47. The molecule has 0 aromatic carbocycles. The van der Waals surface area contributed by atoms with E-state index >= 15 is 0 Å². The fourth-order valence-electron chi connectivity index (χ4n) is 0.952. The Morgan fingerprint density at radius 3 is 2.25 bits per heavy atom. The molecule has 40 valence electrons. The zero-order chi connectivity index (χ0) is 6.04. The molecule has 1 heterocycles. The molecule has 1 aliphatic rings. The van der Waals surface area contributed by atoms with Crippen molar-refractivity contribution in [3.63, 3.8) is 0 Å². The first kappa shape index (κ1) is 6.21. The van der Waals surface area contributed by atoms with Crippen LogP contribution in [0.5, 0.6) is 0 Å². The van der Waals surface area contributed by atoms with Gasteiger partial charge in [-0.25, -0.2) is 0 Å². The largest absolute Gasteiger partial charge is 0.328 e. The van der Waals surface area contributed by atoms with Crippen LogP contribution in [0.4, 0.5) is 0 Å². The summed E-state index contributed by atoms with van der Waals surface area (Å²) in [5.41, 5.74) is 0. The molecule has 1 nitrogen and oxygen atoms in total. The molecule has 0 saturated carbocycles. The van der Waals surface area contributed by atoms with Gasteiger partial charge in [-0.3, -0.25) is 0 Å². The topological polar surface area (TPSA) is 12.0 Å². The van der Waals surface area contributed by atoms with Crippen molar-refractivity contribution < 1.29 is 0 Å². The van der Waals surface area contributed by atoms with Crippen LogP contribution in [0.2, 0.25) is 0 Å². The highest BCUT2D eigenvalue weighted by Gasteiger charge is 2.17. The van der Waals surface area contributed by atoms with Crippen molar-refractivity contribution in [3.05, 3.63) is 0 Å². The van der Waals surface area contributed by atoms with Crippen molar-refractivity contribution in [1.29, 1.82) is 0 Å². The van der Waals surface area contributed by atoms with E-state index in [1.165, 1.54) is 6.42 Å². The minimum atomic E-state index is -0.571. The van der Waals surface area contributed by atoms with E-state index in [4.69, 9.17) is 15.7 Å². The molecule has 0 bridgehead atoms. The molecular weight excluding hydrogens is 95.7 g/mol. The number of hydrogen-bond acceptors (Lipinski definition) is 1. The molecule has 0 aromatic heterocycles. The van der Waals surface area contributed by atoms with Crippen LogP contribution in [-0.4, -0.2) is 27.6 Å². The summed E-state index contributed by atoms with van der Waals surface area (Å²) in [4.78, 5) is 0. The molecule has 1 saturated heterocycles. The summed E-state index contributed by atoms with van der Waals surface area (Å²) in [7, 11) is 11.1. The normalized spacial score (nSPS) is 27.5. The van der Waals surface area contributed by atoms with Gasteiger partial charge in [-0.2, -0.15) is 0 Å². The Bertz CT molecular complexity index is 74.5. The van der Waals surface area contributed by atoms with E-state index in [2.05, 4.69) is 5.32 Å². The highest BCUT2D eigenvalue weighted by molar-refractivity contribution is 6.40. The maximum atomic E-state index is 5.54. The highest BCUT2D eigenvalue weighted by atomic mass is 14.9. The fraction of sp³-hybridized carbons (Fsp3) is 1.00. The Hall–Kier alpha value is 0.0899. The Balaban J connectivity index is 2.33.